The van der Waals surface area contributed by atoms with E-state index in [1.807, 2.05) is 24.3 Å². The molecule has 0 aliphatic carbocycles. The molecule has 0 radical (unpaired) electrons. The molecule has 11 heavy (non-hydrogen) atoms. The van der Waals surface area contributed by atoms with Crippen molar-refractivity contribution in [1.82, 2.24) is 0 Å². The van der Waals surface area contributed by atoms with Crippen molar-refractivity contribution in [2.24, 2.45) is 0 Å². The van der Waals surface area contributed by atoms with Crippen molar-refractivity contribution >= 4 is 0 Å². The smallest absolute Gasteiger partial charge is 0.515 e. The van der Waals surface area contributed by atoms with Crippen molar-refractivity contribution in [3.8, 4) is 5.75 Å². The van der Waals surface area contributed by atoms with Gasteiger partial charge in [0.05, 0.1) is 0 Å². The van der Waals surface area contributed by atoms with Gasteiger partial charge in [-0.15, -0.1) is 12.1 Å². The van der Waals surface area contributed by atoms with Crippen LogP contribution in [0.3, 0.4) is 0 Å². The van der Waals surface area contributed by atoms with Crippen molar-refractivity contribution in [3.63, 3.8) is 0 Å². The first-order valence-electron chi connectivity index (χ1n) is 3.14. The third-order valence-corrected chi connectivity index (χ3v) is 1.04. The van der Waals surface area contributed by atoms with E-state index in [0.717, 1.165) is 5.75 Å². The molecule has 0 saturated carbocycles. The molecule has 0 bridgehead atoms. The molecule has 1 aromatic rings. The van der Waals surface area contributed by atoms with Gasteiger partial charge < -0.3 is 4.74 Å². The van der Waals surface area contributed by atoms with Gasteiger partial charge in [0, 0.05) is 5.75 Å². The predicted molar refractivity (Wildman–Crippen MR) is 41.0 cm³/mol. The zero-order valence-corrected chi connectivity index (χ0v) is 6.71. The maximum absolute atomic E-state index is 5.18. The van der Waals surface area contributed by atoms with Crippen LogP contribution in [-0.2, 0) is 0 Å². The van der Waals surface area contributed by atoms with Crippen LogP contribution in [0.4, 0.5) is 0 Å². The fourth-order valence-electron chi connectivity index (χ4n) is 0.615. The van der Waals surface area contributed by atoms with E-state index in [-0.39, 0.29) is 18.9 Å². The van der Waals surface area contributed by atoms with Gasteiger partial charge in [0.25, 0.3) is 0 Å². The van der Waals surface area contributed by atoms with Crippen LogP contribution in [-0.4, -0.2) is 6.61 Å². The maximum atomic E-state index is 5.18. The average Bonchev–Trinajstić information content (AvgIpc) is 2.03. The van der Waals surface area contributed by atoms with Gasteiger partial charge in [-0.05, 0) is 0 Å². The molecule has 1 rings (SSSR count). The second-order valence-corrected chi connectivity index (χ2v) is 1.83. The molecule has 0 heterocycles. The van der Waals surface area contributed by atoms with Crippen molar-refractivity contribution in [1.29, 1.82) is 0 Å². The first kappa shape index (κ1) is 10.4. The summed E-state index contributed by atoms with van der Waals surface area (Å²) in [5, 5.41) is 0. The molecule has 0 spiro atoms. The number of rotatable bonds is 3. The summed E-state index contributed by atoms with van der Waals surface area (Å²) in [6.07, 6.45) is 1.71. The van der Waals surface area contributed by atoms with Gasteiger partial charge in [-0.1, -0.05) is 12.7 Å². The zero-order valence-electron chi connectivity index (χ0n) is 6.71. The predicted octanol–water partition coefficient (Wildman–Crippen LogP) is -0.944. The van der Waals surface area contributed by atoms with Gasteiger partial charge in [-0.25, -0.2) is 0 Å². The molecule has 0 aliphatic rings. The molecule has 1 nitrogen and oxygen atoms in total. The van der Waals surface area contributed by atoms with E-state index in [9.17, 15) is 0 Å². The SMILES string of the molecule is C=CCOc1[c-]cccc1.[Li+]. The first-order chi connectivity index (χ1) is 4.93. The summed E-state index contributed by atoms with van der Waals surface area (Å²) in [6.45, 7) is 4.08. The summed E-state index contributed by atoms with van der Waals surface area (Å²) in [4.78, 5) is 0. The molecule has 0 amide bonds. The molecule has 0 atom stereocenters. The Morgan fingerprint density at radius 2 is 2.36 bits per heavy atom. The van der Waals surface area contributed by atoms with E-state index in [1.165, 1.54) is 0 Å². The summed E-state index contributed by atoms with van der Waals surface area (Å²) < 4.78 is 5.18. The first-order valence-corrected chi connectivity index (χ1v) is 3.14. The van der Waals surface area contributed by atoms with E-state index in [1.54, 1.807) is 6.08 Å². The van der Waals surface area contributed by atoms with E-state index < -0.39 is 0 Å². The number of hydrogen-bond acceptors (Lipinski definition) is 1. The second kappa shape index (κ2) is 6.09. The van der Waals surface area contributed by atoms with E-state index in [2.05, 4.69) is 12.6 Å². The minimum Gasteiger partial charge on any atom is -0.515 e. The molecule has 0 aromatic heterocycles. The fourth-order valence-corrected chi connectivity index (χ4v) is 0.615. The summed E-state index contributed by atoms with van der Waals surface area (Å²) >= 11 is 0. The Kier molecular flexibility index (Phi) is 5.74. The zero-order chi connectivity index (χ0) is 7.23. The topological polar surface area (TPSA) is 9.23 Å². The van der Waals surface area contributed by atoms with Gasteiger partial charge >= 0.3 is 18.9 Å². The molecule has 0 fully saturated rings. The maximum Gasteiger partial charge on any atom is 1.00 e. The van der Waals surface area contributed by atoms with Crippen LogP contribution < -0.4 is 23.6 Å². The Labute approximate surface area is 79.2 Å². The second-order valence-electron chi connectivity index (χ2n) is 1.83. The van der Waals surface area contributed by atoms with E-state index >= 15 is 0 Å². The molecule has 0 saturated heterocycles. The van der Waals surface area contributed by atoms with Crippen LogP contribution in [0.15, 0.2) is 36.9 Å². The minimum atomic E-state index is 0. The molecule has 2 heteroatoms. The Morgan fingerprint density at radius 1 is 1.55 bits per heavy atom. The van der Waals surface area contributed by atoms with Gasteiger partial charge in [0.2, 0.25) is 0 Å². The molecule has 0 N–H and O–H groups in total. The number of hydrogen-bond donors (Lipinski definition) is 0. The number of para-hydroxylation sites is 1. The van der Waals surface area contributed by atoms with Crippen LogP contribution in [0.25, 0.3) is 0 Å². The van der Waals surface area contributed by atoms with Gasteiger partial charge in [-0.2, -0.15) is 18.2 Å². The van der Waals surface area contributed by atoms with Crippen LogP contribution in [0.2, 0.25) is 0 Å². The van der Waals surface area contributed by atoms with Crippen molar-refractivity contribution < 1.29 is 23.6 Å². The normalized spacial score (nSPS) is 8.00. The number of ether oxygens (including phenoxy) is 1. The van der Waals surface area contributed by atoms with E-state index in [4.69, 9.17) is 4.74 Å². The van der Waals surface area contributed by atoms with Crippen molar-refractivity contribution in [2.45, 2.75) is 0 Å². The minimum absolute atomic E-state index is 0. The quantitative estimate of drug-likeness (QED) is 0.299. The van der Waals surface area contributed by atoms with Gasteiger partial charge in [0.1, 0.15) is 6.61 Å². The summed E-state index contributed by atoms with van der Waals surface area (Å²) in [5.74, 6) is 0.766. The number of benzene rings is 1. The Bertz CT molecular complexity index is 196. The molecule has 0 unspecified atom stereocenters. The van der Waals surface area contributed by atoms with Gasteiger partial charge in [0.15, 0.2) is 0 Å². The van der Waals surface area contributed by atoms with Crippen LogP contribution >= 0.6 is 0 Å². The largest absolute Gasteiger partial charge is 1.00 e. The summed E-state index contributed by atoms with van der Waals surface area (Å²) in [5.41, 5.74) is 0. The Morgan fingerprint density at radius 3 is 2.91 bits per heavy atom. The molecule has 1 aromatic carbocycles. The van der Waals surface area contributed by atoms with Crippen molar-refractivity contribution in [2.75, 3.05) is 6.61 Å². The van der Waals surface area contributed by atoms with E-state index in [0.29, 0.717) is 6.61 Å². The summed E-state index contributed by atoms with van der Waals surface area (Å²) in [7, 11) is 0. The molecule has 0 aliphatic heterocycles. The monoisotopic (exact) mass is 140 g/mol. The van der Waals surface area contributed by atoms with Crippen LogP contribution in [0, 0.1) is 6.07 Å². The van der Waals surface area contributed by atoms with Crippen LogP contribution in [0.5, 0.6) is 5.75 Å². The van der Waals surface area contributed by atoms with Crippen LogP contribution in [0.1, 0.15) is 0 Å². The molecular weight excluding hydrogens is 131 g/mol. The van der Waals surface area contributed by atoms with Crippen molar-refractivity contribution in [3.05, 3.63) is 43.0 Å². The Balaban J connectivity index is 0.000001000. The summed E-state index contributed by atoms with van der Waals surface area (Å²) in [6, 6.07) is 10.4. The average molecular weight is 140 g/mol. The third-order valence-electron chi connectivity index (χ3n) is 1.04. The third kappa shape index (κ3) is 3.93. The molecular formula is C9H9LiO. The fraction of sp³-hybridized carbons (Fsp3) is 0.111. The standard InChI is InChI=1S/C9H9O.Li/c1-2-8-10-9-6-4-3-5-7-9;/h2-6H,1,8H2;/q-1;+1. The Hall–Kier alpha value is -0.643. The molecule has 52 valence electrons. The van der Waals surface area contributed by atoms with Gasteiger partial charge in [-0.3, -0.25) is 0 Å².